The predicted molar refractivity (Wildman–Crippen MR) is 123 cm³/mol. The van der Waals surface area contributed by atoms with E-state index in [0.29, 0.717) is 24.6 Å². The first-order valence-corrected chi connectivity index (χ1v) is 11.6. The molecule has 1 amide bonds. The number of piperazine rings is 1. The van der Waals surface area contributed by atoms with E-state index in [-0.39, 0.29) is 5.91 Å². The van der Waals surface area contributed by atoms with Gasteiger partial charge in [-0.05, 0) is 36.4 Å². The fourth-order valence-electron chi connectivity index (χ4n) is 3.70. The lowest BCUT2D eigenvalue weighted by Gasteiger charge is -2.34. The molecule has 7 nitrogen and oxygen atoms in total. The van der Waals surface area contributed by atoms with Crippen LogP contribution >= 0.6 is 22.7 Å². The largest absolute Gasteiger partial charge is 0.448 e. The van der Waals surface area contributed by atoms with Crippen molar-refractivity contribution >= 4 is 54.3 Å². The molecule has 31 heavy (non-hydrogen) atoms. The van der Waals surface area contributed by atoms with Crippen LogP contribution in [0.5, 0.6) is 0 Å². The number of aromatic nitrogens is 3. The van der Waals surface area contributed by atoms with Crippen molar-refractivity contribution in [2.75, 3.05) is 31.1 Å². The number of furan rings is 1. The first-order chi connectivity index (χ1) is 15.2. The van der Waals surface area contributed by atoms with Crippen molar-refractivity contribution in [2.24, 2.45) is 0 Å². The number of thiazole rings is 2. The van der Waals surface area contributed by atoms with E-state index < -0.39 is 0 Å². The lowest BCUT2D eigenvalue weighted by molar-refractivity contribution is 0.0715. The second-order valence-electron chi connectivity index (χ2n) is 7.25. The van der Waals surface area contributed by atoms with Gasteiger partial charge in [-0.25, -0.2) is 15.0 Å². The fraction of sp³-hybridized carbons (Fsp3) is 0.182. The molecule has 1 aliphatic rings. The molecule has 1 fully saturated rings. The molecule has 154 valence electrons. The van der Waals surface area contributed by atoms with E-state index in [4.69, 9.17) is 4.42 Å². The molecule has 1 aromatic carbocycles. The number of para-hydroxylation sites is 1. The number of pyridine rings is 1. The highest BCUT2D eigenvalue weighted by molar-refractivity contribution is 7.22. The molecule has 0 atom stereocenters. The normalized spacial score (nSPS) is 14.6. The molecule has 1 aliphatic heterocycles. The van der Waals surface area contributed by atoms with Gasteiger partial charge in [0, 0.05) is 32.4 Å². The van der Waals surface area contributed by atoms with Gasteiger partial charge in [-0.1, -0.05) is 23.5 Å². The van der Waals surface area contributed by atoms with Crippen LogP contribution in [0.25, 0.3) is 31.3 Å². The van der Waals surface area contributed by atoms with Crippen LogP contribution in [0.15, 0.2) is 59.1 Å². The van der Waals surface area contributed by atoms with Gasteiger partial charge in [0.2, 0.25) is 0 Å². The second kappa shape index (κ2) is 7.44. The van der Waals surface area contributed by atoms with Crippen LogP contribution < -0.4 is 4.90 Å². The maximum Gasteiger partial charge on any atom is 0.289 e. The predicted octanol–water partition coefficient (Wildman–Crippen LogP) is 4.52. The van der Waals surface area contributed by atoms with Crippen LogP contribution in [0, 0.1) is 0 Å². The van der Waals surface area contributed by atoms with Crippen molar-refractivity contribution in [2.45, 2.75) is 0 Å². The quantitative estimate of drug-likeness (QED) is 0.405. The number of anilines is 1. The SMILES string of the molecule is O=C(c1ccc(-c2nc3ccccc3s2)o1)N1CCN(c2nc3cccnc3s2)CC1. The number of carbonyl (C=O) groups excluding carboxylic acids is 1. The van der Waals surface area contributed by atoms with Gasteiger partial charge in [0.1, 0.15) is 10.3 Å². The molecule has 0 radical (unpaired) electrons. The first kappa shape index (κ1) is 18.5. The Morgan fingerprint density at radius 1 is 0.903 bits per heavy atom. The van der Waals surface area contributed by atoms with Crippen molar-refractivity contribution in [1.29, 1.82) is 0 Å². The molecule has 4 aromatic heterocycles. The molecule has 9 heteroatoms. The Labute approximate surface area is 185 Å². The highest BCUT2D eigenvalue weighted by atomic mass is 32.1. The summed E-state index contributed by atoms with van der Waals surface area (Å²) in [4.78, 5) is 31.6. The van der Waals surface area contributed by atoms with Gasteiger partial charge in [0.25, 0.3) is 5.91 Å². The molecule has 5 heterocycles. The number of carbonyl (C=O) groups is 1. The summed E-state index contributed by atoms with van der Waals surface area (Å²) in [5.74, 6) is 0.898. The van der Waals surface area contributed by atoms with Crippen LogP contribution in [0.1, 0.15) is 10.6 Å². The van der Waals surface area contributed by atoms with E-state index in [1.54, 1.807) is 34.9 Å². The number of nitrogens with zero attached hydrogens (tertiary/aromatic N) is 5. The Morgan fingerprint density at radius 3 is 2.58 bits per heavy atom. The number of fused-ring (bicyclic) bond motifs is 2. The van der Waals surface area contributed by atoms with E-state index in [2.05, 4.69) is 19.9 Å². The minimum absolute atomic E-state index is 0.0852. The van der Waals surface area contributed by atoms with Crippen LogP contribution in [0.3, 0.4) is 0 Å². The summed E-state index contributed by atoms with van der Waals surface area (Å²) in [6.45, 7) is 2.71. The number of hydrogen-bond donors (Lipinski definition) is 0. The Balaban J connectivity index is 1.15. The van der Waals surface area contributed by atoms with Crippen molar-refractivity contribution in [3.05, 3.63) is 60.5 Å². The van der Waals surface area contributed by atoms with E-state index in [9.17, 15) is 4.79 Å². The van der Waals surface area contributed by atoms with E-state index >= 15 is 0 Å². The van der Waals surface area contributed by atoms with Crippen LogP contribution in [0.4, 0.5) is 5.13 Å². The standard InChI is InChI=1S/C22H17N5O2S2/c28-21(17-8-7-16(29-17)20-24-14-4-1-2-6-18(14)30-20)26-10-12-27(13-11-26)22-25-15-5-3-9-23-19(15)31-22/h1-9H,10-13H2. The van der Waals surface area contributed by atoms with Gasteiger partial charge in [-0.3, -0.25) is 4.79 Å². The number of benzene rings is 1. The molecular formula is C22H17N5O2S2. The fourth-order valence-corrected chi connectivity index (χ4v) is 5.58. The Hall–Kier alpha value is -3.30. The third-order valence-electron chi connectivity index (χ3n) is 5.31. The maximum atomic E-state index is 13.0. The third kappa shape index (κ3) is 3.35. The Morgan fingerprint density at radius 2 is 1.74 bits per heavy atom. The van der Waals surface area contributed by atoms with Crippen molar-refractivity contribution in [1.82, 2.24) is 19.9 Å². The lowest BCUT2D eigenvalue weighted by atomic mass is 10.3. The lowest BCUT2D eigenvalue weighted by Crippen LogP contribution is -2.48. The third-order valence-corrected chi connectivity index (χ3v) is 7.40. The summed E-state index contributed by atoms with van der Waals surface area (Å²) < 4.78 is 6.99. The second-order valence-corrected chi connectivity index (χ2v) is 9.24. The molecule has 0 bridgehead atoms. The number of amides is 1. The molecule has 0 aliphatic carbocycles. The van der Waals surface area contributed by atoms with Gasteiger partial charge in [-0.15, -0.1) is 11.3 Å². The van der Waals surface area contributed by atoms with Crippen LogP contribution in [-0.4, -0.2) is 51.9 Å². The number of rotatable bonds is 3. The Bertz CT molecular complexity index is 1330. The molecule has 0 N–H and O–H groups in total. The summed E-state index contributed by atoms with van der Waals surface area (Å²) in [7, 11) is 0. The van der Waals surface area contributed by atoms with Gasteiger partial charge in [-0.2, -0.15) is 0 Å². The molecule has 5 aromatic rings. The summed E-state index contributed by atoms with van der Waals surface area (Å²) in [5.41, 5.74) is 1.85. The van der Waals surface area contributed by atoms with Gasteiger partial charge >= 0.3 is 0 Å². The monoisotopic (exact) mass is 447 g/mol. The summed E-state index contributed by atoms with van der Waals surface area (Å²) in [6.07, 6.45) is 1.78. The van der Waals surface area contributed by atoms with Gasteiger partial charge < -0.3 is 14.2 Å². The van der Waals surface area contributed by atoms with Gasteiger partial charge in [0.05, 0.1) is 10.2 Å². The van der Waals surface area contributed by atoms with Crippen LogP contribution in [-0.2, 0) is 0 Å². The van der Waals surface area contributed by atoms with E-state index in [0.717, 1.165) is 43.8 Å². The van der Waals surface area contributed by atoms with Crippen molar-refractivity contribution in [3.8, 4) is 10.8 Å². The molecule has 0 unspecified atom stereocenters. The highest BCUT2D eigenvalue weighted by Crippen LogP contribution is 2.32. The molecule has 6 rings (SSSR count). The topological polar surface area (TPSA) is 75.4 Å². The van der Waals surface area contributed by atoms with Crippen molar-refractivity contribution < 1.29 is 9.21 Å². The average Bonchev–Trinajstić information content (AvgIpc) is 3.56. The number of hydrogen-bond acceptors (Lipinski definition) is 8. The van der Waals surface area contributed by atoms with E-state index in [1.165, 1.54) is 0 Å². The van der Waals surface area contributed by atoms with Crippen molar-refractivity contribution in [3.63, 3.8) is 0 Å². The summed E-state index contributed by atoms with van der Waals surface area (Å²) in [6, 6.07) is 15.4. The first-order valence-electron chi connectivity index (χ1n) is 9.96. The maximum absolute atomic E-state index is 13.0. The minimum Gasteiger partial charge on any atom is -0.448 e. The average molecular weight is 448 g/mol. The highest BCUT2D eigenvalue weighted by Gasteiger charge is 2.26. The Kier molecular flexibility index (Phi) is 4.43. The summed E-state index contributed by atoms with van der Waals surface area (Å²) >= 11 is 3.15. The molecule has 1 saturated heterocycles. The zero-order valence-corrected chi connectivity index (χ0v) is 18.0. The van der Waals surface area contributed by atoms with Gasteiger partial charge in [0.15, 0.2) is 21.7 Å². The molecule has 0 saturated carbocycles. The zero-order valence-electron chi connectivity index (χ0n) is 16.4. The minimum atomic E-state index is -0.0852. The summed E-state index contributed by atoms with van der Waals surface area (Å²) in [5, 5.41) is 1.74. The van der Waals surface area contributed by atoms with E-state index in [1.807, 2.05) is 47.4 Å². The zero-order chi connectivity index (χ0) is 20.8. The van der Waals surface area contributed by atoms with Crippen LogP contribution in [0.2, 0.25) is 0 Å². The molecule has 0 spiro atoms. The molecular weight excluding hydrogens is 430 g/mol. The smallest absolute Gasteiger partial charge is 0.289 e.